The lowest BCUT2D eigenvalue weighted by atomic mass is 10.0. The molecule has 7 heteroatoms. The fourth-order valence-corrected chi connectivity index (χ4v) is 3.87. The first-order valence-corrected chi connectivity index (χ1v) is 8.96. The van der Waals surface area contributed by atoms with E-state index in [4.69, 9.17) is 5.11 Å². The number of hydrogen-bond donors (Lipinski definition) is 3. The molecule has 0 atom stereocenters. The van der Waals surface area contributed by atoms with Crippen LogP contribution in [-0.2, 0) is 16.6 Å². The Morgan fingerprint density at radius 1 is 1.42 bits per heavy atom. The Morgan fingerprint density at radius 2 is 2.05 bits per heavy atom. The summed E-state index contributed by atoms with van der Waals surface area (Å²) in [6, 6.07) is 1.45. The monoisotopic (exact) mass is 306 g/mol. The molecule has 0 fully saturated rings. The zero-order valence-corrected chi connectivity index (χ0v) is 13.2. The van der Waals surface area contributed by atoms with Crippen molar-refractivity contribution in [2.24, 2.45) is 0 Å². The number of aromatic nitrogens is 1. The summed E-state index contributed by atoms with van der Waals surface area (Å²) in [5.74, 6) is 0. The van der Waals surface area contributed by atoms with Gasteiger partial charge in [0.05, 0.1) is 11.5 Å². The van der Waals surface area contributed by atoms with E-state index >= 15 is 0 Å². The average molecular weight is 306 g/mol. The maximum atomic E-state index is 12.1. The minimum Gasteiger partial charge on any atom is -0.390 e. The number of thioether (sulfide) groups is 1. The number of aliphatic hydroxyl groups excluding tert-OH is 1. The highest BCUT2D eigenvalue weighted by molar-refractivity contribution is 8.00. The molecule has 1 rings (SSSR count). The highest BCUT2D eigenvalue weighted by Crippen LogP contribution is 2.30. The third-order valence-corrected chi connectivity index (χ3v) is 6.47. The maximum Gasteiger partial charge on any atom is 0.242 e. The minimum absolute atomic E-state index is 0.0663. The third kappa shape index (κ3) is 3.98. The van der Waals surface area contributed by atoms with Crippen molar-refractivity contribution in [3.05, 3.63) is 18.0 Å². The summed E-state index contributed by atoms with van der Waals surface area (Å²) in [6.45, 7) is 4.33. The largest absolute Gasteiger partial charge is 0.390 e. The van der Waals surface area contributed by atoms with Gasteiger partial charge in [-0.3, -0.25) is 0 Å². The summed E-state index contributed by atoms with van der Waals surface area (Å²) in [7, 11) is -3.52. The predicted octanol–water partition coefficient (Wildman–Crippen LogP) is 1.71. The van der Waals surface area contributed by atoms with Crippen LogP contribution in [0.5, 0.6) is 0 Å². The van der Waals surface area contributed by atoms with Gasteiger partial charge in [-0.15, -0.1) is 0 Å². The zero-order valence-electron chi connectivity index (χ0n) is 11.6. The molecule has 110 valence electrons. The highest BCUT2D eigenvalue weighted by Gasteiger charge is 2.27. The molecule has 0 aliphatic carbocycles. The fourth-order valence-electron chi connectivity index (χ4n) is 1.84. The van der Waals surface area contributed by atoms with Gasteiger partial charge in [-0.2, -0.15) is 11.8 Å². The van der Waals surface area contributed by atoms with Gasteiger partial charge in [0.1, 0.15) is 0 Å². The van der Waals surface area contributed by atoms with E-state index in [1.54, 1.807) is 11.8 Å². The van der Waals surface area contributed by atoms with E-state index in [2.05, 4.69) is 23.6 Å². The number of nitrogens with one attached hydrogen (secondary N) is 2. The molecule has 19 heavy (non-hydrogen) atoms. The first-order valence-electron chi connectivity index (χ1n) is 6.26. The summed E-state index contributed by atoms with van der Waals surface area (Å²) in [5, 5.41) is 8.94. The lowest BCUT2D eigenvalue weighted by molar-refractivity contribution is 0.277. The standard InChI is InChI=1S/C12H22N2O3S2/c1-4-12(5-2,18-3)9-14-19(16,17)11-6-10(8-15)13-7-11/h6-7,13-15H,4-5,8-9H2,1-3H3. The molecule has 1 aromatic rings. The molecule has 0 aromatic carbocycles. The lowest BCUT2D eigenvalue weighted by Crippen LogP contribution is -2.39. The zero-order chi connectivity index (χ0) is 14.5. The molecule has 0 unspecified atom stereocenters. The predicted molar refractivity (Wildman–Crippen MR) is 78.7 cm³/mol. The number of sulfonamides is 1. The van der Waals surface area contributed by atoms with E-state index in [1.807, 2.05) is 6.26 Å². The second-order valence-corrected chi connectivity index (χ2v) is 7.48. The van der Waals surface area contributed by atoms with Crippen molar-refractivity contribution < 1.29 is 13.5 Å². The second kappa shape index (κ2) is 6.78. The van der Waals surface area contributed by atoms with E-state index < -0.39 is 10.0 Å². The number of aromatic amines is 1. The molecular formula is C12H22N2O3S2. The Labute approximate surface area is 119 Å². The number of rotatable bonds is 8. The van der Waals surface area contributed by atoms with Crippen molar-refractivity contribution in [2.75, 3.05) is 12.8 Å². The molecule has 3 N–H and O–H groups in total. The fraction of sp³-hybridized carbons (Fsp3) is 0.667. The van der Waals surface area contributed by atoms with Gasteiger partial charge in [0.25, 0.3) is 0 Å². The van der Waals surface area contributed by atoms with Crippen LogP contribution < -0.4 is 4.72 Å². The van der Waals surface area contributed by atoms with Crippen LogP contribution in [0.4, 0.5) is 0 Å². The molecular weight excluding hydrogens is 284 g/mol. The second-order valence-electron chi connectivity index (χ2n) is 4.44. The minimum atomic E-state index is -3.52. The Hall–Kier alpha value is -0.500. The third-order valence-electron chi connectivity index (χ3n) is 3.50. The van der Waals surface area contributed by atoms with Crippen LogP contribution in [0.3, 0.4) is 0 Å². The van der Waals surface area contributed by atoms with Crippen molar-refractivity contribution >= 4 is 21.8 Å². The first kappa shape index (κ1) is 16.6. The van der Waals surface area contributed by atoms with Gasteiger partial charge in [0, 0.05) is 23.2 Å². The molecule has 0 saturated heterocycles. The van der Waals surface area contributed by atoms with Gasteiger partial charge in [-0.05, 0) is 25.2 Å². The van der Waals surface area contributed by atoms with Gasteiger partial charge in [-0.1, -0.05) is 13.8 Å². The van der Waals surface area contributed by atoms with Gasteiger partial charge >= 0.3 is 0 Å². The highest BCUT2D eigenvalue weighted by atomic mass is 32.2. The van der Waals surface area contributed by atoms with E-state index in [0.717, 1.165) is 12.8 Å². The molecule has 1 heterocycles. The summed E-state index contributed by atoms with van der Waals surface area (Å²) < 4.78 is 26.9. The maximum absolute atomic E-state index is 12.1. The first-order chi connectivity index (χ1) is 8.93. The van der Waals surface area contributed by atoms with Gasteiger partial charge in [0.2, 0.25) is 10.0 Å². The Bertz CT molecular complexity index is 485. The van der Waals surface area contributed by atoms with Crippen LogP contribution >= 0.6 is 11.8 Å². The summed E-state index contributed by atoms with van der Waals surface area (Å²) >= 11 is 1.69. The van der Waals surface area contributed by atoms with E-state index in [9.17, 15) is 8.42 Å². The van der Waals surface area contributed by atoms with E-state index in [1.165, 1.54) is 12.3 Å². The van der Waals surface area contributed by atoms with Crippen LogP contribution in [0, 0.1) is 0 Å². The van der Waals surface area contributed by atoms with Crippen LogP contribution in [0.2, 0.25) is 0 Å². The van der Waals surface area contributed by atoms with Crippen molar-refractivity contribution in [3.63, 3.8) is 0 Å². The molecule has 1 aromatic heterocycles. The van der Waals surface area contributed by atoms with Gasteiger partial charge < -0.3 is 10.1 Å². The van der Waals surface area contributed by atoms with Crippen LogP contribution in [0.25, 0.3) is 0 Å². The quantitative estimate of drug-likeness (QED) is 0.683. The number of aliphatic hydroxyl groups is 1. The normalized spacial score (nSPS) is 12.8. The topological polar surface area (TPSA) is 82.2 Å². The van der Waals surface area contributed by atoms with E-state index in [0.29, 0.717) is 12.2 Å². The Balaban J connectivity index is 2.80. The average Bonchev–Trinajstić information content (AvgIpc) is 2.90. The van der Waals surface area contributed by atoms with Crippen molar-refractivity contribution in [2.45, 2.75) is 42.9 Å². The number of H-pyrrole nitrogens is 1. The van der Waals surface area contributed by atoms with E-state index in [-0.39, 0.29) is 16.2 Å². The van der Waals surface area contributed by atoms with Gasteiger partial charge in [-0.25, -0.2) is 13.1 Å². The lowest BCUT2D eigenvalue weighted by Gasteiger charge is -2.29. The smallest absolute Gasteiger partial charge is 0.242 e. The summed E-state index contributed by atoms with van der Waals surface area (Å²) in [5.41, 5.74) is 0.488. The molecule has 5 nitrogen and oxygen atoms in total. The molecule has 0 radical (unpaired) electrons. The SMILES string of the molecule is CCC(CC)(CNS(=O)(=O)c1c[nH]c(CO)c1)SC. The van der Waals surface area contributed by atoms with Crippen molar-refractivity contribution in [1.29, 1.82) is 0 Å². The molecule has 0 spiro atoms. The summed E-state index contributed by atoms with van der Waals surface area (Å²) in [4.78, 5) is 2.89. The molecule has 0 aliphatic rings. The molecule has 0 bridgehead atoms. The van der Waals surface area contributed by atoms with Crippen LogP contribution in [-0.4, -0.2) is 36.1 Å². The van der Waals surface area contributed by atoms with Gasteiger partial charge in [0.15, 0.2) is 0 Å². The van der Waals surface area contributed by atoms with Crippen molar-refractivity contribution in [3.8, 4) is 0 Å². The Morgan fingerprint density at radius 3 is 2.47 bits per heavy atom. The Kier molecular flexibility index (Phi) is 5.91. The van der Waals surface area contributed by atoms with Crippen molar-refractivity contribution in [1.82, 2.24) is 9.71 Å². The van der Waals surface area contributed by atoms with Crippen LogP contribution in [0.15, 0.2) is 17.2 Å². The summed E-state index contributed by atoms with van der Waals surface area (Å²) in [6.07, 6.45) is 5.21. The molecule has 0 aliphatic heterocycles. The number of hydrogen-bond acceptors (Lipinski definition) is 4. The van der Waals surface area contributed by atoms with Crippen LogP contribution in [0.1, 0.15) is 32.4 Å². The molecule has 0 amide bonds. The molecule has 0 saturated carbocycles.